The van der Waals surface area contributed by atoms with Gasteiger partial charge in [-0.3, -0.25) is 0 Å². The number of hydrogen-bond donors (Lipinski definition) is 1. The van der Waals surface area contributed by atoms with Gasteiger partial charge in [0, 0.05) is 31.0 Å². The minimum Gasteiger partial charge on any atom is -0.341 e. The summed E-state index contributed by atoms with van der Waals surface area (Å²) in [6, 6.07) is 0.366. The lowest BCUT2D eigenvalue weighted by Gasteiger charge is -2.30. The maximum atomic E-state index is 5.90. The molecule has 1 aliphatic carbocycles. The molecule has 1 aliphatic heterocycles. The molecule has 16 heavy (non-hydrogen) atoms. The van der Waals surface area contributed by atoms with Gasteiger partial charge in [0.25, 0.3) is 0 Å². The number of fused-ring (bicyclic) bond motifs is 1. The molecule has 0 amide bonds. The highest BCUT2D eigenvalue weighted by molar-refractivity contribution is 5.35. The van der Waals surface area contributed by atoms with Gasteiger partial charge in [0.2, 0.25) is 5.95 Å². The topological polar surface area (TPSA) is 55.0 Å². The third-order valence-corrected chi connectivity index (χ3v) is 3.62. The van der Waals surface area contributed by atoms with Gasteiger partial charge in [-0.15, -0.1) is 0 Å². The largest absolute Gasteiger partial charge is 0.341 e. The molecule has 2 heterocycles. The summed E-state index contributed by atoms with van der Waals surface area (Å²) >= 11 is 0. The van der Waals surface area contributed by atoms with E-state index < -0.39 is 0 Å². The van der Waals surface area contributed by atoms with E-state index in [0.717, 1.165) is 44.7 Å². The predicted octanol–water partition coefficient (Wildman–Crippen LogP) is 0.893. The van der Waals surface area contributed by atoms with Gasteiger partial charge in [-0.1, -0.05) is 0 Å². The molecule has 4 nitrogen and oxygen atoms in total. The van der Waals surface area contributed by atoms with Crippen LogP contribution in [0.1, 0.15) is 30.5 Å². The van der Waals surface area contributed by atoms with Gasteiger partial charge in [0.05, 0.1) is 0 Å². The molecule has 0 aromatic carbocycles. The Hall–Kier alpha value is -1.16. The van der Waals surface area contributed by atoms with E-state index in [0.29, 0.717) is 6.04 Å². The van der Waals surface area contributed by atoms with Crippen LogP contribution in [0, 0.1) is 0 Å². The first-order valence-corrected chi connectivity index (χ1v) is 6.18. The van der Waals surface area contributed by atoms with Gasteiger partial charge in [0.1, 0.15) is 0 Å². The lowest BCUT2D eigenvalue weighted by atomic mass is 10.1. The Morgan fingerprint density at radius 1 is 1.25 bits per heavy atom. The predicted molar refractivity (Wildman–Crippen MR) is 63.5 cm³/mol. The summed E-state index contributed by atoms with van der Waals surface area (Å²) in [6.45, 7) is 2.00. The molecule has 2 N–H and O–H groups in total. The fraction of sp³-hybridized carbons (Fsp3) is 0.667. The van der Waals surface area contributed by atoms with Crippen molar-refractivity contribution in [2.24, 2.45) is 5.73 Å². The molecule has 86 valence electrons. The number of hydrogen-bond acceptors (Lipinski definition) is 4. The zero-order valence-corrected chi connectivity index (χ0v) is 9.52. The van der Waals surface area contributed by atoms with Crippen molar-refractivity contribution in [1.82, 2.24) is 9.97 Å². The van der Waals surface area contributed by atoms with E-state index in [1.54, 1.807) is 0 Å². The minimum atomic E-state index is 0.366. The second kappa shape index (κ2) is 4.01. The number of aromatic nitrogens is 2. The van der Waals surface area contributed by atoms with E-state index in [-0.39, 0.29) is 0 Å². The van der Waals surface area contributed by atoms with Crippen LogP contribution in [0.5, 0.6) is 0 Å². The SMILES string of the molecule is NC1CCN(c2ncc3c(n2)CCC3)CC1. The molecule has 0 radical (unpaired) electrons. The van der Waals surface area contributed by atoms with Crippen molar-refractivity contribution in [3.8, 4) is 0 Å². The molecule has 1 aromatic heterocycles. The minimum absolute atomic E-state index is 0.366. The molecule has 2 aliphatic rings. The lowest BCUT2D eigenvalue weighted by molar-refractivity contribution is 0.495. The highest BCUT2D eigenvalue weighted by Gasteiger charge is 2.20. The molecule has 0 spiro atoms. The van der Waals surface area contributed by atoms with Gasteiger partial charge in [-0.2, -0.15) is 0 Å². The molecule has 0 bridgehead atoms. The molecular weight excluding hydrogens is 200 g/mol. The quantitative estimate of drug-likeness (QED) is 0.760. The Kier molecular flexibility index (Phi) is 2.52. The van der Waals surface area contributed by atoms with Crippen LogP contribution >= 0.6 is 0 Å². The van der Waals surface area contributed by atoms with Crippen LogP contribution in [-0.4, -0.2) is 29.1 Å². The molecule has 1 aromatic rings. The summed E-state index contributed by atoms with van der Waals surface area (Å²) in [5.41, 5.74) is 8.51. The van der Waals surface area contributed by atoms with Crippen LogP contribution < -0.4 is 10.6 Å². The first kappa shape index (κ1) is 10.0. The van der Waals surface area contributed by atoms with E-state index in [9.17, 15) is 0 Å². The van der Waals surface area contributed by atoms with Crippen LogP contribution in [0.15, 0.2) is 6.20 Å². The van der Waals surface area contributed by atoms with Crippen molar-refractivity contribution >= 4 is 5.95 Å². The van der Waals surface area contributed by atoms with Crippen molar-refractivity contribution in [2.45, 2.75) is 38.1 Å². The van der Waals surface area contributed by atoms with Crippen molar-refractivity contribution in [2.75, 3.05) is 18.0 Å². The Labute approximate surface area is 95.9 Å². The Balaban J connectivity index is 1.79. The normalized spacial score (nSPS) is 21.2. The first-order chi connectivity index (χ1) is 7.83. The number of anilines is 1. The average Bonchev–Trinajstić information content (AvgIpc) is 2.77. The monoisotopic (exact) mass is 218 g/mol. The van der Waals surface area contributed by atoms with Gasteiger partial charge in [-0.25, -0.2) is 9.97 Å². The third kappa shape index (κ3) is 1.78. The summed E-state index contributed by atoms with van der Waals surface area (Å²) in [6.07, 6.45) is 7.64. The van der Waals surface area contributed by atoms with Crippen molar-refractivity contribution in [3.05, 3.63) is 17.5 Å². The van der Waals surface area contributed by atoms with E-state index in [4.69, 9.17) is 5.73 Å². The molecule has 0 saturated carbocycles. The number of nitrogens with zero attached hydrogens (tertiary/aromatic N) is 3. The van der Waals surface area contributed by atoms with E-state index in [1.165, 1.54) is 17.7 Å². The summed E-state index contributed by atoms with van der Waals surface area (Å²) in [7, 11) is 0. The summed E-state index contributed by atoms with van der Waals surface area (Å²) in [4.78, 5) is 11.4. The Bertz CT molecular complexity index is 383. The molecule has 1 fully saturated rings. The van der Waals surface area contributed by atoms with E-state index >= 15 is 0 Å². The van der Waals surface area contributed by atoms with Crippen LogP contribution in [0.3, 0.4) is 0 Å². The second-order valence-electron chi connectivity index (χ2n) is 4.82. The van der Waals surface area contributed by atoms with Crippen molar-refractivity contribution < 1.29 is 0 Å². The smallest absolute Gasteiger partial charge is 0.225 e. The molecule has 0 atom stereocenters. The van der Waals surface area contributed by atoms with Gasteiger partial charge < -0.3 is 10.6 Å². The van der Waals surface area contributed by atoms with Crippen LogP contribution in [0.2, 0.25) is 0 Å². The van der Waals surface area contributed by atoms with Crippen molar-refractivity contribution in [3.63, 3.8) is 0 Å². The molecule has 1 saturated heterocycles. The second-order valence-corrected chi connectivity index (χ2v) is 4.82. The van der Waals surface area contributed by atoms with Crippen LogP contribution in [0.25, 0.3) is 0 Å². The maximum Gasteiger partial charge on any atom is 0.225 e. The fourth-order valence-corrected chi connectivity index (χ4v) is 2.55. The van der Waals surface area contributed by atoms with Gasteiger partial charge in [0.15, 0.2) is 0 Å². The van der Waals surface area contributed by atoms with Gasteiger partial charge in [-0.05, 0) is 37.7 Å². The standard InChI is InChI=1S/C12H18N4/c13-10-4-6-16(7-5-10)12-14-8-9-2-1-3-11(9)15-12/h8,10H,1-7,13H2. The first-order valence-electron chi connectivity index (χ1n) is 6.18. The van der Waals surface area contributed by atoms with Crippen LogP contribution in [0.4, 0.5) is 5.95 Å². The number of rotatable bonds is 1. The fourth-order valence-electron chi connectivity index (χ4n) is 2.55. The number of aryl methyl sites for hydroxylation is 2. The van der Waals surface area contributed by atoms with Crippen molar-refractivity contribution in [1.29, 1.82) is 0 Å². The van der Waals surface area contributed by atoms with E-state index in [2.05, 4.69) is 14.9 Å². The molecule has 3 rings (SSSR count). The molecule has 4 heteroatoms. The highest BCUT2D eigenvalue weighted by Crippen LogP contribution is 2.22. The number of nitrogens with two attached hydrogens (primary N) is 1. The highest BCUT2D eigenvalue weighted by atomic mass is 15.3. The third-order valence-electron chi connectivity index (χ3n) is 3.62. The Morgan fingerprint density at radius 2 is 2.06 bits per heavy atom. The Morgan fingerprint density at radius 3 is 2.88 bits per heavy atom. The summed E-state index contributed by atoms with van der Waals surface area (Å²) < 4.78 is 0. The average molecular weight is 218 g/mol. The maximum absolute atomic E-state index is 5.90. The zero-order chi connectivity index (χ0) is 11.0. The number of piperidine rings is 1. The lowest BCUT2D eigenvalue weighted by Crippen LogP contribution is -2.40. The molecular formula is C12H18N4. The zero-order valence-electron chi connectivity index (χ0n) is 9.52. The summed E-state index contributed by atoms with van der Waals surface area (Å²) in [5.74, 6) is 0.910. The van der Waals surface area contributed by atoms with Crippen LogP contribution in [-0.2, 0) is 12.8 Å². The molecule has 0 unspecified atom stereocenters. The van der Waals surface area contributed by atoms with E-state index in [1.807, 2.05) is 6.20 Å². The van der Waals surface area contributed by atoms with Gasteiger partial charge >= 0.3 is 0 Å². The summed E-state index contributed by atoms with van der Waals surface area (Å²) in [5, 5.41) is 0.